The van der Waals surface area contributed by atoms with Crippen LogP contribution in [0.3, 0.4) is 0 Å². The van der Waals surface area contributed by atoms with Crippen LogP contribution < -0.4 is 0 Å². The average molecular weight is 254 g/mol. The van der Waals surface area contributed by atoms with Crippen molar-refractivity contribution in [3.63, 3.8) is 0 Å². The van der Waals surface area contributed by atoms with Gasteiger partial charge in [0.25, 0.3) is 0 Å². The van der Waals surface area contributed by atoms with Crippen molar-refractivity contribution >= 4 is 26.8 Å². The fraction of sp³-hybridized carbons (Fsp3) is 0.273. The molecule has 1 heterocycles. The third-order valence-electron chi connectivity index (χ3n) is 2.70. The molecule has 0 aliphatic heterocycles. The second kappa shape index (κ2) is 2.83. The highest BCUT2D eigenvalue weighted by atomic mass is 79.9. The number of fused-ring (bicyclic) bond motifs is 1. The third-order valence-corrected chi connectivity index (χ3v) is 3.31. The maximum absolute atomic E-state index is 13.4. The van der Waals surface area contributed by atoms with Crippen molar-refractivity contribution in [1.29, 1.82) is 0 Å². The lowest BCUT2D eigenvalue weighted by Crippen LogP contribution is -1.92. The molecule has 1 aliphatic rings. The van der Waals surface area contributed by atoms with Crippen LogP contribution in [0.5, 0.6) is 0 Å². The van der Waals surface area contributed by atoms with Crippen molar-refractivity contribution < 1.29 is 4.39 Å². The van der Waals surface area contributed by atoms with Gasteiger partial charge in [-0.25, -0.2) is 4.39 Å². The van der Waals surface area contributed by atoms with Crippen LogP contribution in [0, 0.1) is 5.82 Å². The van der Waals surface area contributed by atoms with E-state index >= 15 is 0 Å². The molecular weight excluding hydrogens is 245 g/mol. The minimum absolute atomic E-state index is 0.136. The predicted octanol–water partition coefficient (Wildman–Crippen LogP) is 3.88. The van der Waals surface area contributed by atoms with E-state index in [4.69, 9.17) is 0 Å². The molecule has 3 heteroatoms. The second-order valence-electron chi connectivity index (χ2n) is 3.74. The van der Waals surface area contributed by atoms with E-state index in [1.165, 1.54) is 18.9 Å². The molecule has 0 saturated heterocycles. The van der Waals surface area contributed by atoms with Gasteiger partial charge in [0, 0.05) is 11.4 Å². The number of aromatic nitrogens is 1. The SMILES string of the molecule is Fc1cccc2c1cc(Br)n2C1CC1. The standard InChI is InChI=1S/C11H9BrFN/c12-11-6-8-9(13)2-1-3-10(8)14(11)7-4-5-7/h1-3,6-7H,4-5H2. The minimum atomic E-state index is -0.136. The van der Waals surface area contributed by atoms with E-state index in [1.807, 2.05) is 12.1 Å². The molecule has 14 heavy (non-hydrogen) atoms. The molecule has 3 rings (SSSR count). The largest absolute Gasteiger partial charge is 0.332 e. The lowest BCUT2D eigenvalue weighted by atomic mass is 10.2. The van der Waals surface area contributed by atoms with Crippen molar-refractivity contribution in [1.82, 2.24) is 4.57 Å². The first-order valence-corrected chi connectivity index (χ1v) is 5.51. The van der Waals surface area contributed by atoms with Gasteiger partial charge in [-0.3, -0.25) is 0 Å². The van der Waals surface area contributed by atoms with Crippen LogP contribution in [0.4, 0.5) is 4.39 Å². The molecule has 0 N–H and O–H groups in total. The lowest BCUT2D eigenvalue weighted by molar-refractivity contribution is 0.639. The molecule has 1 fully saturated rings. The zero-order valence-electron chi connectivity index (χ0n) is 7.50. The Balaban J connectivity index is 2.37. The molecule has 1 saturated carbocycles. The molecule has 0 spiro atoms. The molecule has 0 bridgehead atoms. The highest BCUT2D eigenvalue weighted by Gasteiger charge is 2.27. The Morgan fingerprint density at radius 1 is 1.36 bits per heavy atom. The summed E-state index contributed by atoms with van der Waals surface area (Å²) in [6, 6.07) is 7.68. The van der Waals surface area contributed by atoms with Crippen LogP contribution in [0.2, 0.25) is 0 Å². The summed E-state index contributed by atoms with van der Waals surface area (Å²) in [6.07, 6.45) is 2.41. The molecule has 1 aliphatic carbocycles. The molecule has 1 nitrogen and oxygen atoms in total. The van der Waals surface area contributed by atoms with Gasteiger partial charge in [0.1, 0.15) is 5.82 Å². The maximum Gasteiger partial charge on any atom is 0.132 e. The van der Waals surface area contributed by atoms with Crippen LogP contribution in [-0.4, -0.2) is 4.57 Å². The molecule has 72 valence electrons. The molecule has 0 amide bonds. The summed E-state index contributed by atoms with van der Waals surface area (Å²) in [5.41, 5.74) is 0.999. The van der Waals surface area contributed by atoms with E-state index in [1.54, 1.807) is 6.07 Å². The summed E-state index contributed by atoms with van der Waals surface area (Å²) in [6.45, 7) is 0. The highest BCUT2D eigenvalue weighted by Crippen LogP contribution is 2.41. The van der Waals surface area contributed by atoms with Gasteiger partial charge in [0.15, 0.2) is 0 Å². The molecule has 1 aromatic heterocycles. The Hall–Kier alpha value is -0.830. The van der Waals surface area contributed by atoms with E-state index in [-0.39, 0.29) is 5.82 Å². The number of halogens is 2. The number of rotatable bonds is 1. The van der Waals surface area contributed by atoms with E-state index in [9.17, 15) is 4.39 Å². The van der Waals surface area contributed by atoms with Crippen LogP contribution in [-0.2, 0) is 0 Å². The van der Waals surface area contributed by atoms with Crippen LogP contribution in [0.1, 0.15) is 18.9 Å². The maximum atomic E-state index is 13.4. The van der Waals surface area contributed by atoms with Gasteiger partial charge in [-0.2, -0.15) is 0 Å². The topological polar surface area (TPSA) is 4.93 Å². The first-order valence-electron chi connectivity index (χ1n) is 4.72. The number of hydrogen-bond donors (Lipinski definition) is 0. The van der Waals surface area contributed by atoms with Gasteiger partial charge in [-0.1, -0.05) is 6.07 Å². The van der Waals surface area contributed by atoms with Crippen molar-refractivity contribution in [2.75, 3.05) is 0 Å². The highest BCUT2D eigenvalue weighted by molar-refractivity contribution is 9.10. The average Bonchev–Trinajstić information content (AvgIpc) is 2.91. The van der Waals surface area contributed by atoms with Crippen molar-refractivity contribution in [3.05, 3.63) is 34.7 Å². The van der Waals surface area contributed by atoms with Crippen LogP contribution in [0.25, 0.3) is 10.9 Å². The third kappa shape index (κ3) is 1.12. The predicted molar refractivity (Wildman–Crippen MR) is 57.9 cm³/mol. The molecule has 1 aromatic carbocycles. The van der Waals surface area contributed by atoms with Crippen molar-refractivity contribution in [3.8, 4) is 0 Å². The molecule has 0 unspecified atom stereocenters. The smallest absolute Gasteiger partial charge is 0.132 e. The number of nitrogens with zero attached hydrogens (tertiary/aromatic N) is 1. The van der Waals surface area contributed by atoms with Gasteiger partial charge >= 0.3 is 0 Å². The van der Waals surface area contributed by atoms with Crippen molar-refractivity contribution in [2.45, 2.75) is 18.9 Å². The molecule has 0 radical (unpaired) electrons. The summed E-state index contributed by atoms with van der Waals surface area (Å²) in [5.74, 6) is -0.136. The van der Waals surface area contributed by atoms with Gasteiger partial charge < -0.3 is 4.57 Å². The van der Waals surface area contributed by atoms with Gasteiger partial charge in [-0.15, -0.1) is 0 Å². The van der Waals surface area contributed by atoms with E-state index < -0.39 is 0 Å². The summed E-state index contributed by atoms with van der Waals surface area (Å²) in [7, 11) is 0. The Bertz CT molecular complexity index is 499. The minimum Gasteiger partial charge on any atom is -0.332 e. The Kier molecular flexibility index (Phi) is 1.71. The number of hydrogen-bond acceptors (Lipinski definition) is 0. The summed E-state index contributed by atoms with van der Waals surface area (Å²) in [4.78, 5) is 0. The first-order chi connectivity index (χ1) is 6.77. The Labute approximate surface area is 89.7 Å². The second-order valence-corrected chi connectivity index (χ2v) is 4.55. The normalized spacial score (nSPS) is 16.4. The number of benzene rings is 1. The monoisotopic (exact) mass is 253 g/mol. The van der Waals surface area contributed by atoms with E-state index in [2.05, 4.69) is 20.5 Å². The summed E-state index contributed by atoms with van der Waals surface area (Å²) in [5, 5.41) is 0.714. The molecule has 2 aromatic rings. The Morgan fingerprint density at radius 3 is 2.86 bits per heavy atom. The lowest BCUT2D eigenvalue weighted by Gasteiger charge is -2.03. The van der Waals surface area contributed by atoms with Gasteiger partial charge in [0.05, 0.1) is 10.1 Å². The fourth-order valence-corrected chi connectivity index (χ4v) is 2.60. The molecular formula is C11H9BrFN. The Morgan fingerprint density at radius 2 is 2.14 bits per heavy atom. The fourth-order valence-electron chi connectivity index (χ4n) is 1.89. The summed E-state index contributed by atoms with van der Waals surface area (Å²) >= 11 is 3.48. The van der Waals surface area contributed by atoms with Crippen LogP contribution >= 0.6 is 15.9 Å². The van der Waals surface area contributed by atoms with Crippen molar-refractivity contribution in [2.24, 2.45) is 0 Å². The molecule has 0 atom stereocenters. The van der Waals surface area contributed by atoms with E-state index in [0.717, 1.165) is 10.1 Å². The van der Waals surface area contributed by atoms with Gasteiger partial charge in [-0.05, 0) is 47.0 Å². The summed E-state index contributed by atoms with van der Waals surface area (Å²) < 4.78 is 16.6. The van der Waals surface area contributed by atoms with E-state index in [0.29, 0.717) is 11.4 Å². The van der Waals surface area contributed by atoms with Gasteiger partial charge in [0.2, 0.25) is 0 Å². The first kappa shape index (κ1) is 8.48. The zero-order valence-corrected chi connectivity index (χ0v) is 9.09. The quantitative estimate of drug-likeness (QED) is 0.727. The zero-order chi connectivity index (χ0) is 9.71. The van der Waals surface area contributed by atoms with Crippen LogP contribution in [0.15, 0.2) is 28.9 Å².